The zero-order valence-corrected chi connectivity index (χ0v) is 19.4. The molecule has 0 heterocycles. The van der Waals surface area contributed by atoms with E-state index in [1.165, 1.54) is 56.9 Å². The first kappa shape index (κ1) is 26.2. The van der Waals surface area contributed by atoms with E-state index in [-0.39, 0.29) is 18.4 Å². The third-order valence-electron chi connectivity index (χ3n) is 5.27. The number of carboxylic acids is 1. The van der Waals surface area contributed by atoms with Crippen LogP contribution in [0.5, 0.6) is 0 Å². The summed E-state index contributed by atoms with van der Waals surface area (Å²) in [6.45, 7) is 0.614. The van der Waals surface area contributed by atoms with Crippen molar-refractivity contribution in [3.8, 4) is 0 Å². The van der Waals surface area contributed by atoms with Crippen molar-refractivity contribution < 1.29 is 19.2 Å². The van der Waals surface area contributed by atoms with Gasteiger partial charge >= 0.3 is 5.97 Å². The number of unbranched alkanes of at least 4 members (excludes halogenated alkanes) is 8. The Morgan fingerprint density at radius 2 is 1.40 bits per heavy atom. The topological polar surface area (TPSA) is 66.4 Å². The molecule has 1 atom stereocenters. The fourth-order valence-electron chi connectivity index (χ4n) is 3.83. The lowest BCUT2D eigenvalue weighted by Gasteiger charge is -2.29. The molecule has 1 rings (SSSR count). The quantitative estimate of drug-likeness (QED) is 0.282. The van der Waals surface area contributed by atoms with Crippen molar-refractivity contribution in [1.29, 1.82) is 0 Å². The molecule has 0 aromatic heterocycles. The van der Waals surface area contributed by atoms with E-state index in [1.54, 1.807) is 0 Å². The second kappa shape index (κ2) is 15.0. The van der Waals surface area contributed by atoms with Crippen LogP contribution < -0.4 is 5.32 Å². The number of rotatable bonds is 17. The van der Waals surface area contributed by atoms with Crippen LogP contribution in [0.15, 0.2) is 30.3 Å². The fraction of sp³-hybridized carbons (Fsp3) is 0.680. The first-order valence-corrected chi connectivity index (χ1v) is 11.6. The zero-order chi connectivity index (χ0) is 22.2. The highest BCUT2D eigenvalue weighted by Crippen LogP contribution is 2.12. The summed E-state index contributed by atoms with van der Waals surface area (Å²) in [5.41, 5.74) is 1.44. The molecule has 2 N–H and O–H groups in total. The number of nitrogens with one attached hydrogen (secondary N) is 1. The van der Waals surface area contributed by atoms with Gasteiger partial charge in [-0.3, -0.25) is 9.59 Å². The zero-order valence-electron chi connectivity index (χ0n) is 19.4. The van der Waals surface area contributed by atoms with Gasteiger partial charge in [-0.05, 0) is 24.8 Å². The van der Waals surface area contributed by atoms with Gasteiger partial charge < -0.3 is 14.9 Å². The van der Waals surface area contributed by atoms with Crippen LogP contribution in [0.1, 0.15) is 76.2 Å². The van der Waals surface area contributed by atoms with Crippen LogP contribution in [0, 0.1) is 0 Å². The smallest absolute Gasteiger partial charge is 0.305 e. The van der Waals surface area contributed by atoms with Gasteiger partial charge in [0.05, 0.1) is 40.2 Å². The lowest BCUT2D eigenvalue weighted by atomic mass is 10.0. The van der Waals surface area contributed by atoms with Gasteiger partial charge in [-0.25, -0.2) is 0 Å². The average molecular weight is 420 g/mol. The lowest BCUT2D eigenvalue weighted by Crippen LogP contribution is -2.49. The number of aryl methyl sites for hydroxylation is 1. The minimum Gasteiger partial charge on any atom is -0.481 e. The molecular formula is C25H43N2O3+. The number of quaternary nitrogens is 1. The Balaban J connectivity index is 1.99. The standard InChI is InChI=1S/C25H42N2O3/c1-27(2,3)21-23(20-25(29)30)26-24(28)19-15-10-8-6-4-5-7-9-12-16-22-17-13-11-14-18-22/h11,13-14,17-18,23H,4-10,12,15-16,19-21H2,1-3H3,(H-,26,28,29,30)/p+1/t23-/m1/s1. The molecule has 0 fully saturated rings. The van der Waals surface area contributed by atoms with Crippen molar-refractivity contribution in [2.75, 3.05) is 27.7 Å². The molecule has 30 heavy (non-hydrogen) atoms. The van der Waals surface area contributed by atoms with E-state index < -0.39 is 5.97 Å². The van der Waals surface area contributed by atoms with E-state index in [9.17, 15) is 9.59 Å². The number of likely N-dealkylation sites (N-methyl/N-ethyl adjacent to an activating group) is 1. The van der Waals surface area contributed by atoms with Crippen LogP contribution in [0.4, 0.5) is 0 Å². The maximum absolute atomic E-state index is 12.1. The third-order valence-corrected chi connectivity index (χ3v) is 5.27. The molecule has 1 aromatic rings. The number of aliphatic carboxylic acids is 1. The highest BCUT2D eigenvalue weighted by molar-refractivity contribution is 5.77. The van der Waals surface area contributed by atoms with Crippen LogP contribution >= 0.6 is 0 Å². The Bertz CT molecular complexity index is 596. The highest BCUT2D eigenvalue weighted by Gasteiger charge is 2.22. The normalized spacial score (nSPS) is 12.5. The molecular weight excluding hydrogens is 376 g/mol. The van der Waals surface area contributed by atoms with Crippen molar-refractivity contribution in [3.63, 3.8) is 0 Å². The van der Waals surface area contributed by atoms with Gasteiger partial charge in [-0.2, -0.15) is 0 Å². The molecule has 1 amide bonds. The molecule has 0 saturated carbocycles. The predicted octanol–water partition coefficient (Wildman–Crippen LogP) is 4.80. The van der Waals surface area contributed by atoms with Crippen LogP contribution in [0.25, 0.3) is 0 Å². The minimum absolute atomic E-state index is 0.0203. The van der Waals surface area contributed by atoms with Gasteiger partial charge in [0.1, 0.15) is 0 Å². The number of carbonyl (C=O) groups excluding carboxylic acids is 1. The maximum atomic E-state index is 12.1. The monoisotopic (exact) mass is 419 g/mol. The van der Waals surface area contributed by atoms with Crippen LogP contribution in [-0.4, -0.2) is 55.2 Å². The van der Waals surface area contributed by atoms with E-state index in [4.69, 9.17) is 5.11 Å². The van der Waals surface area contributed by atoms with Gasteiger partial charge in [-0.15, -0.1) is 0 Å². The highest BCUT2D eigenvalue weighted by atomic mass is 16.4. The molecule has 0 saturated heterocycles. The molecule has 5 nitrogen and oxygen atoms in total. The number of nitrogens with zero attached hydrogens (tertiary/aromatic N) is 1. The molecule has 0 bridgehead atoms. The van der Waals surface area contributed by atoms with Crippen molar-refractivity contribution in [2.24, 2.45) is 0 Å². The molecule has 5 heteroatoms. The second-order valence-electron chi connectivity index (χ2n) is 9.50. The van der Waals surface area contributed by atoms with E-state index in [0.29, 0.717) is 17.4 Å². The molecule has 1 aromatic carbocycles. The maximum Gasteiger partial charge on any atom is 0.305 e. The molecule has 0 spiro atoms. The van der Waals surface area contributed by atoms with E-state index >= 15 is 0 Å². The summed E-state index contributed by atoms with van der Waals surface area (Å²) < 4.78 is 0.629. The largest absolute Gasteiger partial charge is 0.481 e. The van der Waals surface area contributed by atoms with E-state index in [2.05, 4.69) is 35.6 Å². The fourth-order valence-corrected chi connectivity index (χ4v) is 3.83. The summed E-state index contributed by atoms with van der Waals surface area (Å²) in [6.07, 6.45) is 12.5. The predicted molar refractivity (Wildman–Crippen MR) is 123 cm³/mol. The number of amides is 1. The van der Waals surface area contributed by atoms with E-state index in [1.807, 2.05) is 21.1 Å². The van der Waals surface area contributed by atoms with Crippen LogP contribution in [-0.2, 0) is 16.0 Å². The van der Waals surface area contributed by atoms with Gasteiger partial charge in [0, 0.05) is 6.42 Å². The number of carboxylic acid groups (broad SMARTS) is 1. The van der Waals surface area contributed by atoms with Crippen LogP contribution in [0.3, 0.4) is 0 Å². The Kier molecular flexibility index (Phi) is 13.1. The molecule has 0 aliphatic rings. The Labute approximate surface area is 183 Å². The Morgan fingerprint density at radius 1 is 0.867 bits per heavy atom. The van der Waals surface area contributed by atoms with Crippen molar-refractivity contribution in [3.05, 3.63) is 35.9 Å². The molecule has 0 unspecified atom stereocenters. The first-order valence-electron chi connectivity index (χ1n) is 11.6. The van der Waals surface area contributed by atoms with Gasteiger partial charge in [0.15, 0.2) is 0 Å². The summed E-state index contributed by atoms with van der Waals surface area (Å²) in [6, 6.07) is 10.4. The van der Waals surface area contributed by atoms with Gasteiger partial charge in [0.2, 0.25) is 5.91 Å². The third kappa shape index (κ3) is 15.0. The minimum atomic E-state index is -0.867. The van der Waals surface area contributed by atoms with Crippen molar-refractivity contribution >= 4 is 11.9 Å². The molecule has 0 aliphatic heterocycles. The number of carbonyl (C=O) groups is 2. The average Bonchev–Trinajstić information content (AvgIpc) is 2.65. The summed E-state index contributed by atoms with van der Waals surface area (Å²) in [5.74, 6) is -0.887. The van der Waals surface area contributed by atoms with Gasteiger partial charge in [0.25, 0.3) is 0 Å². The lowest BCUT2D eigenvalue weighted by molar-refractivity contribution is -0.871. The number of benzene rings is 1. The summed E-state index contributed by atoms with van der Waals surface area (Å²) in [7, 11) is 6.01. The first-order chi connectivity index (χ1) is 14.3. The van der Waals surface area contributed by atoms with Gasteiger partial charge in [-0.1, -0.05) is 75.3 Å². The van der Waals surface area contributed by atoms with Crippen molar-refractivity contribution in [1.82, 2.24) is 5.32 Å². The van der Waals surface area contributed by atoms with E-state index in [0.717, 1.165) is 12.8 Å². The molecule has 170 valence electrons. The second-order valence-corrected chi connectivity index (χ2v) is 9.50. The summed E-state index contributed by atoms with van der Waals surface area (Å²) in [4.78, 5) is 23.2. The summed E-state index contributed by atoms with van der Waals surface area (Å²) in [5, 5.41) is 12.0. The van der Waals surface area contributed by atoms with Crippen molar-refractivity contribution in [2.45, 2.75) is 83.1 Å². The SMILES string of the molecule is C[N+](C)(C)C[C@@H](CC(=O)O)NC(=O)CCCCCCCCCCCc1ccccc1. The Hall–Kier alpha value is -1.88. The molecule has 0 radical (unpaired) electrons. The number of hydrogen-bond acceptors (Lipinski definition) is 2. The molecule has 0 aliphatic carbocycles. The van der Waals surface area contributed by atoms with Crippen LogP contribution in [0.2, 0.25) is 0 Å². The summed E-state index contributed by atoms with van der Waals surface area (Å²) >= 11 is 0. The Morgan fingerprint density at radius 3 is 1.93 bits per heavy atom. The number of hydrogen-bond donors (Lipinski definition) is 2.